The molecule has 2 atom stereocenters. The van der Waals surface area contributed by atoms with Crippen LogP contribution in [0, 0.1) is 0 Å². The van der Waals surface area contributed by atoms with Crippen LogP contribution < -0.4 is 10.9 Å². The molecule has 1 fully saturated rings. The number of rotatable bonds is 3. The Morgan fingerprint density at radius 1 is 1.50 bits per heavy atom. The Morgan fingerprint density at radius 2 is 2.19 bits per heavy atom. The van der Waals surface area contributed by atoms with E-state index in [1.165, 1.54) is 0 Å². The van der Waals surface area contributed by atoms with E-state index in [9.17, 15) is 4.79 Å². The van der Waals surface area contributed by atoms with Gasteiger partial charge in [0.25, 0.3) is 0 Å². The van der Waals surface area contributed by atoms with Gasteiger partial charge in [0.15, 0.2) is 5.72 Å². The summed E-state index contributed by atoms with van der Waals surface area (Å²) in [5.74, 6) is -1.03. The standard InChI is InChI=1S/C11H14N2O3/c1-2-11(8-6-4-3-5-7-8)13-12-9(16-11)10(14)15/h3-7,9,12-13H,2H2,1H3,(H,14,15). The zero-order chi connectivity index (χ0) is 11.6. The number of ether oxygens (including phenoxy) is 1. The van der Waals surface area contributed by atoms with E-state index in [1.54, 1.807) is 0 Å². The molecule has 0 bridgehead atoms. The van der Waals surface area contributed by atoms with Crippen LogP contribution in [0.25, 0.3) is 0 Å². The fourth-order valence-corrected chi connectivity index (χ4v) is 1.78. The maximum Gasteiger partial charge on any atom is 0.349 e. The highest BCUT2D eigenvalue weighted by Crippen LogP contribution is 2.30. The average Bonchev–Trinajstić information content (AvgIpc) is 2.76. The molecule has 5 nitrogen and oxygen atoms in total. The van der Waals surface area contributed by atoms with Crippen molar-refractivity contribution in [1.29, 1.82) is 0 Å². The summed E-state index contributed by atoms with van der Waals surface area (Å²) >= 11 is 0. The molecule has 0 aliphatic carbocycles. The van der Waals surface area contributed by atoms with Gasteiger partial charge in [-0.2, -0.15) is 0 Å². The van der Waals surface area contributed by atoms with E-state index in [2.05, 4.69) is 10.9 Å². The molecule has 1 aromatic carbocycles. The van der Waals surface area contributed by atoms with Crippen molar-refractivity contribution in [3.8, 4) is 0 Å². The summed E-state index contributed by atoms with van der Waals surface area (Å²) in [6, 6.07) is 9.51. The molecule has 0 spiro atoms. The van der Waals surface area contributed by atoms with Crippen molar-refractivity contribution in [3.63, 3.8) is 0 Å². The van der Waals surface area contributed by atoms with Crippen LogP contribution in [0.4, 0.5) is 0 Å². The molecule has 1 aliphatic rings. The van der Waals surface area contributed by atoms with E-state index in [0.717, 1.165) is 5.56 Å². The molecule has 0 aromatic heterocycles. The van der Waals surface area contributed by atoms with E-state index in [1.807, 2.05) is 37.3 Å². The van der Waals surface area contributed by atoms with Crippen molar-refractivity contribution < 1.29 is 14.6 Å². The Hall–Kier alpha value is -1.43. The topological polar surface area (TPSA) is 70.6 Å². The predicted molar refractivity (Wildman–Crippen MR) is 57.2 cm³/mol. The summed E-state index contributed by atoms with van der Waals surface area (Å²) in [5.41, 5.74) is 5.69. The van der Waals surface area contributed by atoms with Crippen LogP contribution in [0.15, 0.2) is 30.3 Å². The summed E-state index contributed by atoms with van der Waals surface area (Å²) in [7, 11) is 0. The van der Waals surface area contributed by atoms with Gasteiger partial charge in [-0.3, -0.25) is 0 Å². The SMILES string of the molecule is CCC1(c2ccccc2)NNC(C(=O)O)O1. The van der Waals surface area contributed by atoms with Crippen molar-refractivity contribution in [3.05, 3.63) is 35.9 Å². The molecule has 2 unspecified atom stereocenters. The zero-order valence-corrected chi connectivity index (χ0v) is 8.93. The van der Waals surface area contributed by atoms with Gasteiger partial charge in [0.05, 0.1) is 0 Å². The predicted octanol–water partition coefficient (Wildman–Crippen LogP) is 0.784. The lowest BCUT2D eigenvalue weighted by molar-refractivity contribution is -0.157. The van der Waals surface area contributed by atoms with Crippen LogP contribution in [0.5, 0.6) is 0 Å². The van der Waals surface area contributed by atoms with E-state index < -0.39 is 17.9 Å². The Kier molecular flexibility index (Phi) is 2.91. The quantitative estimate of drug-likeness (QED) is 0.705. The third-order valence-corrected chi connectivity index (χ3v) is 2.69. The van der Waals surface area contributed by atoms with Gasteiger partial charge in [0.1, 0.15) is 0 Å². The molecule has 0 amide bonds. The third-order valence-electron chi connectivity index (χ3n) is 2.69. The zero-order valence-electron chi connectivity index (χ0n) is 8.93. The molecule has 0 saturated carbocycles. The summed E-state index contributed by atoms with van der Waals surface area (Å²) < 4.78 is 5.52. The number of hydrogen-bond acceptors (Lipinski definition) is 4. The van der Waals surface area contributed by atoms with Crippen LogP contribution in [0.3, 0.4) is 0 Å². The monoisotopic (exact) mass is 222 g/mol. The number of carboxylic acid groups (broad SMARTS) is 1. The molecule has 0 radical (unpaired) electrons. The first-order chi connectivity index (χ1) is 7.68. The summed E-state index contributed by atoms with van der Waals surface area (Å²) in [6.45, 7) is 1.94. The number of carboxylic acids is 1. The summed E-state index contributed by atoms with van der Waals surface area (Å²) in [5, 5.41) is 8.86. The second-order valence-electron chi connectivity index (χ2n) is 3.65. The molecule has 1 saturated heterocycles. The highest BCUT2D eigenvalue weighted by molar-refractivity contribution is 5.72. The second kappa shape index (κ2) is 4.21. The molecular formula is C11H14N2O3. The van der Waals surface area contributed by atoms with E-state index in [-0.39, 0.29) is 0 Å². The first kappa shape index (κ1) is 11.1. The second-order valence-corrected chi connectivity index (χ2v) is 3.65. The van der Waals surface area contributed by atoms with Crippen LogP contribution in [-0.4, -0.2) is 17.3 Å². The number of benzene rings is 1. The minimum absolute atomic E-state index is 0.633. The van der Waals surface area contributed by atoms with Crippen LogP contribution in [0.2, 0.25) is 0 Å². The molecule has 1 heterocycles. The largest absolute Gasteiger partial charge is 0.478 e. The van der Waals surface area contributed by atoms with Crippen molar-refractivity contribution in [2.75, 3.05) is 0 Å². The Morgan fingerprint density at radius 3 is 2.69 bits per heavy atom. The van der Waals surface area contributed by atoms with E-state index in [4.69, 9.17) is 9.84 Å². The van der Waals surface area contributed by atoms with Gasteiger partial charge in [0.2, 0.25) is 6.23 Å². The van der Waals surface area contributed by atoms with Gasteiger partial charge in [-0.05, 0) is 12.0 Å². The first-order valence-electron chi connectivity index (χ1n) is 5.17. The van der Waals surface area contributed by atoms with Gasteiger partial charge in [-0.1, -0.05) is 37.3 Å². The van der Waals surface area contributed by atoms with E-state index in [0.29, 0.717) is 6.42 Å². The van der Waals surface area contributed by atoms with Crippen molar-refractivity contribution in [2.45, 2.75) is 25.3 Å². The van der Waals surface area contributed by atoms with Gasteiger partial charge in [0, 0.05) is 0 Å². The number of nitrogens with one attached hydrogen (secondary N) is 2. The summed E-state index contributed by atoms with van der Waals surface area (Å²) in [4.78, 5) is 10.8. The summed E-state index contributed by atoms with van der Waals surface area (Å²) in [6.07, 6.45) is -0.381. The lowest BCUT2D eigenvalue weighted by Crippen LogP contribution is -2.42. The first-order valence-corrected chi connectivity index (χ1v) is 5.17. The number of hydrogen-bond donors (Lipinski definition) is 3. The molecule has 5 heteroatoms. The maximum absolute atomic E-state index is 10.8. The molecule has 2 rings (SSSR count). The Balaban J connectivity index is 2.26. The van der Waals surface area contributed by atoms with Gasteiger partial charge >= 0.3 is 5.97 Å². The number of hydrazine groups is 1. The molecule has 1 aliphatic heterocycles. The fourth-order valence-electron chi connectivity index (χ4n) is 1.78. The van der Waals surface area contributed by atoms with Crippen molar-refractivity contribution in [1.82, 2.24) is 10.9 Å². The normalized spacial score (nSPS) is 29.2. The Bertz CT molecular complexity index is 382. The molecule has 16 heavy (non-hydrogen) atoms. The highest BCUT2D eigenvalue weighted by atomic mass is 16.6. The van der Waals surface area contributed by atoms with Crippen LogP contribution in [0.1, 0.15) is 18.9 Å². The fraction of sp³-hybridized carbons (Fsp3) is 0.364. The molecule has 1 aromatic rings. The maximum atomic E-state index is 10.8. The van der Waals surface area contributed by atoms with Gasteiger partial charge in [-0.15, -0.1) is 0 Å². The average molecular weight is 222 g/mol. The van der Waals surface area contributed by atoms with Crippen molar-refractivity contribution >= 4 is 5.97 Å². The third kappa shape index (κ3) is 1.80. The molecule has 86 valence electrons. The van der Waals surface area contributed by atoms with E-state index >= 15 is 0 Å². The lowest BCUT2D eigenvalue weighted by Gasteiger charge is -2.26. The van der Waals surface area contributed by atoms with Crippen molar-refractivity contribution in [2.24, 2.45) is 0 Å². The van der Waals surface area contributed by atoms with Gasteiger partial charge in [-0.25, -0.2) is 15.6 Å². The molecular weight excluding hydrogens is 208 g/mol. The highest BCUT2D eigenvalue weighted by Gasteiger charge is 2.42. The van der Waals surface area contributed by atoms with Gasteiger partial charge < -0.3 is 9.84 Å². The minimum atomic E-state index is -1.03. The molecule has 3 N–H and O–H groups in total. The number of carbonyl (C=O) groups is 1. The van der Waals surface area contributed by atoms with Crippen LogP contribution >= 0.6 is 0 Å². The Labute approximate surface area is 93.4 Å². The lowest BCUT2D eigenvalue weighted by atomic mass is 10.0. The van der Waals surface area contributed by atoms with Crippen LogP contribution in [-0.2, 0) is 15.3 Å². The number of aliphatic carboxylic acids is 1. The minimum Gasteiger partial charge on any atom is -0.478 e. The smallest absolute Gasteiger partial charge is 0.349 e.